The van der Waals surface area contributed by atoms with Gasteiger partial charge in [0.25, 0.3) is 11.5 Å². The SMILES string of the molecule is Cc1nc(C2(c3ccccc3)CCN(C(=O)c3c[nH]c(=O)c(Cl)c3)CC2)cs1. The second kappa shape index (κ2) is 7.53. The van der Waals surface area contributed by atoms with Gasteiger partial charge in [-0.2, -0.15) is 0 Å². The Morgan fingerprint density at radius 1 is 1.25 bits per heavy atom. The Morgan fingerprint density at radius 2 is 1.96 bits per heavy atom. The lowest BCUT2D eigenvalue weighted by atomic mass is 9.70. The largest absolute Gasteiger partial charge is 0.339 e. The standard InChI is InChI=1S/C21H20ClN3O2S/c1-14-24-18(13-28-14)21(16-5-3-2-4-6-16)7-9-25(10-8-21)20(27)15-11-17(22)19(26)23-12-15/h2-6,11-13H,7-10H2,1H3,(H,23,26). The average molecular weight is 414 g/mol. The number of amides is 1. The highest BCUT2D eigenvalue weighted by molar-refractivity contribution is 7.09. The summed E-state index contributed by atoms with van der Waals surface area (Å²) >= 11 is 7.54. The summed E-state index contributed by atoms with van der Waals surface area (Å²) in [6, 6.07) is 11.8. The van der Waals surface area contributed by atoms with Gasteiger partial charge in [0.15, 0.2) is 0 Å². The Bertz CT molecular complexity index is 1050. The number of carbonyl (C=O) groups excluding carboxylic acids is 1. The number of thiazole rings is 1. The minimum absolute atomic E-state index is 0.0273. The van der Waals surface area contributed by atoms with Crippen LogP contribution in [0.1, 0.15) is 39.5 Å². The summed E-state index contributed by atoms with van der Waals surface area (Å²) in [6.45, 7) is 3.24. The first-order valence-corrected chi connectivity index (χ1v) is 10.4. The molecular formula is C21H20ClN3O2S. The molecule has 5 nitrogen and oxygen atoms in total. The fourth-order valence-electron chi connectivity index (χ4n) is 3.89. The van der Waals surface area contributed by atoms with E-state index in [1.54, 1.807) is 11.3 Å². The normalized spacial score (nSPS) is 16.1. The van der Waals surface area contributed by atoms with Crippen molar-refractivity contribution in [2.45, 2.75) is 25.2 Å². The first-order valence-electron chi connectivity index (χ1n) is 9.15. The maximum absolute atomic E-state index is 12.9. The van der Waals surface area contributed by atoms with E-state index >= 15 is 0 Å². The van der Waals surface area contributed by atoms with Crippen LogP contribution in [-0.2, 0) is 5.41 Å². The van der Waals surface area contributed by atoms with Gasteiger partial charge in [0.05, 0.1) is 16.3 Å². The monoisotopic (exact) mass is 413 g/mol. The Kier molecular flexibility index (Phi) is 5.08. The Labute approximate surface area is 172 Å². The van der Waals surface area contributed by atoms with Crippen molar-refractivity contribution in [3.8, 4) is 0 Å². The minimum atomic E-state index is -0.390. The molecule has 3 aromatic rings. The molecule has 1 fully saturated rings. The number of aryl methyl sites for hydroxylation is 1. The van der Waals surface area contributed by atoms with Gasteiger partial charge in [0, 0.05) is 30.1 Å². The molecule has 2 aromatic heterocycles. The number of nitrogens with zero attached hydrogens (tertiary/aromatic N) is 2. The van der Waals surface area contributed by atoms with E-state index in [4.69, 9.17) is 16.6 Å². The Morgan fingerprint density at radius 3 is 2.57 bits per heavy atom. The quantitative estimate of drug-likeness (QED) is 0.705. The lowest BCUT2D eigenvalue weighted by molar-refractivity contribution is 0.0683. The van der Waals surface area contributed by atoms with E-state index in [9.17, 15) is 9.59 Å². The van der Waals surface area contributed by atoms with Crippen molar-refractivity contribution in [3.05, 3.63) is 85.2 Å². The summed E-state index contributed by atoms with van der Waals surface area (Å²) in [5, 5.41) is 3.22. The second-order valence-corrected chi connectivity index (χ2v) is 8.53. The number of aromatic amines is 1. The number of benzene rings is 1. The highest BCUT2D eigenvalue weighted by Crippen LogP contribution is 2.42. The summed E-state index contributed by atoms with van der Waals surface area (Å²) in [4.78, 5) is 33.5. The highest BCUT2D eigenvalue weighted by atomic mass is 35.5. The molecule has 0 aliphatic carbocycles. The van der Waals surface area contributed by atoms with E-state index < -0.39 is 0 Å². The number of aromatic nitrogens is 2. The zero-order valence-corrected chi connectivity index (χ0v) is 17.0. The predicted molar refractivity (Wildman–Crippen MR) is 111 cm³/mol. The average Bonchev–Trinajstić information content (AvgIpc) is 3.17. The molecule has 0 radical (unpaired) electrons. The molecule has 1 aliphatic heterocycles. The molecular weight excluding hydrogens is 394 g/mol. The van der Waals surface area contributed by atoms with Crippen molar-refractivity contribution < 1.29 is 4.79 Å². The molecule has 7 heteroatoms. The summed E-state index contributed by atoms with van der Waals surface area (Å²) in [7, 11) is 0. The van der Waals surface area contributed by atoms with Crippen LogP contribution in [0.3, 0.4) is 0 Å². The number of nitrogens with one attached hydrogen (secondary N) is 1. The van der Waals surface area contributed by atoms with Crippen LogP contribution in [0.2, 0.25) is 5.02 Å². The van der Waals surface area contributed by atoms with Crippen molar-refractivity contribution in [3.63, 3.8) is 0 Å². The molecule has 1 N–H and O–H groups in total. The topological polar surface area (TPSA) is 66.1 Å². The predicted octanol–water partition coefficient (Wildman–Crippen LogP) is 4.02. The van der Waals surface area contributed by atoms with Gasteiger partial charge in [-0.25, -0.2) is 4.98 Å². The van der Waals surface area contributed by atoms with Gasteiger partial charge in [-0.05, 0) is 31.4 Å². The number of halogens is 1. The van der Waals surface area contributed by atoms with Crippen LogP contribution in [-0.4, -0.2) is 33.9 Å². The number of likely N-dealkylation sites (tertiary alicyclic amines) is 1. The molecule has 0 bridgehead atoms. The van der Waals surface area contributed by atoms with Crippen LogP contribution >= 0.6 is 22.9 Å². The molecule has 144 valence electrons. The number of carbonyl (C=O) groups is 1. The van der Waals surface area contributed by atoms with Crippen molar-refractivity contribution in [2.75, 3.05) is 13.1 Å². The lowest BCUT2D eigenvalue weighted by Gasteiger charge is -2.41. The lowest BCUT2D eigenvalue weighted by Crippen LogP contribution is -2.46. The van der Waals surface area contributed by atoms with Crippen LogP contribution in [0, 0.1) is 6.92 Å². The Balaban J connectivity index is 1.61. The van der Waals surface area contributed by atoms with Crippen molar-refractivity contribution in [1.29, 1.82) is 0 Å². The van der Waals surface area contributed by atoms with Crippen LogP contribution in [0.25, 0.3) is 0 Å². The fourth-order valence-corrected chi connectivity index (χ4v) is 4.77. The number of pyridine rings is 1. The molecule has 1 saturated heterocycles. The Hall–Kier alpha value is -2.44. The number of rotatable bonds is 3. The molecule has 0 spiro atoms. The molecule has 0 saturated carbocycles. The van der Waals surface area contributed by atoms with Gasteiger partial charge in [-0.3, -0.25) is 9.59 Å². The number of piperidine rings is 1. The van der Waals surface area contributed by atoms with Crippen LogP contribution in [0.5, 0.6) is 0 Å². The van der Waals surface area contributed by atoms with E-state index in [0.29, 0.717) is 18.7 Å². The first kappa shape index (κ1) is 18.9. The fraction of sp³-hybridized carbons (Fsp3) is 0.286. The molecule has 4 rings (SSSR count). The van der Waals surface area contributed by atoms with Gasteiger partial charge in [-0.15, -0.1) is 11.3 Å². The zero-order chi connectivity index (χ0) is 19.7. The molecule has 1 aliphatic rings. The third-order valence-corrected chi connectivity index (χ3v) is 6.50. The third kappa shape index (κ3) is 3.38. The first-order chi connectivity index (χ1) is 13.5. The molecule has 28 heavy (non-hydrogen) atoms. The summed E-state index contributed by atoms with van der Waals surface area (Å²) in [5.41, 5.74) is 2.14. The molecule has 1 amide bonds. The van der Waals surface area contributed by atoms with Crippen LogP contribution < -0.4 is 5.56 Å². The number of hydrogen-bond donors (Lipinski definition) is 1. The van der Waals surface area contributed by atoms with E-state index in [1.165, 1.54) is 17.8 Å². The van der Waals surface area contributed by atoms with Gasteiger partial charge in [0.2, 0.25) is 0 Å². The van der Waals surface area contributed by atoms with Crippen LogP contribution in [0.4, 0.5) is 0 Å². The van der Waals surface area contributed by atoms with Crippen molar-refractivity contribution in [2.24, 2.45) is 0 Å². The van der Waals surface area contributed by atoms with Gasteiger partial charge in [0.1, 0.15) is 5.02 Å². The van der Waals surface area contributed by atoms with E-state index in [2.05, 4.69) is 34.6 Å². The third-order valence-electron chi connectivity index (χ3n) is 5.44. The highest BCUT2D eigenvalue weighted by Gasteiger charge is 2.40. The molecule has 0 atom stereocenters. The van der Waals surface area contributed by atoms with Crippen molar-refractivity contribution in [1.82, 2.24) is 14.9 Å². The molecule has 3 heterocycles. The number of hydrogen-bond acceptors (Lipinski definition) is 4. The zero-order valence-electron chi connectivity index (χ0n) is 15.4. The van der Waals surface area contributed by atoms with Gasteiger partial charge >= 0.3 is 0 Å². The van der Waals surface area contributed by atoms with Crippen LogP contribution in [0.15, 0.2) is 52.8 Å². The molecule has 1 aromatic carbocycles. The van der Waals surface area contributed by atoms with Gasteiger partial charge in [-0.1, -0.05) is 41.9 Å². The van der Waals surface area contributed by atoms with Gasteiger partial charge < -0.3 is 9.88 Å². The van der Waals surface area contributed by atoms with Crippen molar-refractivity contribution >= 4 is 28.8 Å². The summed E-state index contributed by atoms with van der Waals surface area (Å²) in [5.74, 6) is -0.116. The smallest absolute Gasteiger partial charge is 0.266 e. The maximum Gasteiger partial charge on any atom is 0.266 e. The van der Waals surface area contributed by atoms with E-state index in [1.807, 2.05) is 17.9 Å². The molecule has 0 unspecified atom stereocenters. The maximum atomic E-state index is 12.9. The second-order valence-electron chi connectivity index (χ2n) is 7.06. The van der Waals surface area contributed by atoms with E-state index in [-0.39, 0.29) is 21.9 Å². The summed E-state index contributed by atoms with van der Waals surface area (Å²) < 4.78 is 0. The number of H-pyrrole nitrogens is 1. The minimum Gasteiger partial charge on any atom is -0.339 e. The van der Waals surface area contributed by atoms with E-state index in [0.717, 1.165) is 23.5 Å². The summed E-state index contributed by atoms with van der Waals surface area (Å²) in [6.07, 6.45) is 3.02.